The molecule has 0 saturated heterocycles. The molecule has 0 radical (unpaired) electrons. The van der Waals surface area contributed by atoms with Crippen LogP contribution in [0.1, 0.15) is 13.3 Å². The van der Waals surface area contributed by atoms with Crippen molar-refractivity contribution in [3.05, 3.63) is 47.5 Å². The molecular weight excluding hydrogens is 360 g/mol. The minimum atomic E-state index is -0.350. The molecular formula is C18H17ClN2O3S. The highest BCUT2D eigenvalue weighted by molar-refractivity contribution is 8.00. The first kappa shape index (κ1) is 17.6. The maximum Gasteiger partial charge on any atom is 0.257 e. The zero-order valence-electron chi connectivity index (χ0n) is 13.8. The second-order valence-corrected chi connectivity index (χ2v) is 6.89. The van der Waals surface area contributed by atoms with Gasteiger partial charge in [-0.2, -0.15) is 0 Å². The fraction of sp³-hybridized carbons (Fsp3) is 0.222. The van der Waals surface area contributed by atoms with Crippen LogP contribution in [0, 0.1) is 0 Å². The number of fused-ring (bicyclic) bond motifs is 1. The fourth-order valence-electron chi connectivity index (χ4n) is 2.34. The summed E-state index contributed by atoms with van der Waals surface area (Å²) >= 11 is 7.30. The van der Waals surface area contributed by atoms with E-state index in [1.807, 2.05) is 31.2 Å². The highest BCUT2D eigenvalue weighted by Gasteiger charge is 2.22. The third kappa shape index (κ3) is 4.08. The maximum absolute atomic E-state index is 12.6. The number of ether oxygens (including phenoxy) is 1. The average Bonchev–Trinajstić information content (AvgIpc) is 3.02. The third-order valence-electron chi connectivity index (χ3n) is 3.60. The molecule has 1 unspecified atom stereocenters. The molecule has 1 N–H and O–H groups in total. The quantitative estimate of drug-likeness (QED) is 0.613. The summed E-state index contributed by atoms with van der Waals surface area (Å²) in [6.07, 6.45) is 0.623. The summed E-state index contributed by atoms with van der Waals surface area (Å²) in [5.41, 5.74) is 2.02. The molecule has 3 rings (SSSR count). The van der Waals surface area contributed by atoms with Crippen LogP contribution in [0.15, 0.2) is 52.1 Å². The fourth-order valence-corrected chi connectivity index (χ4v) is 3.37. The highest BCUT2D eigenvalue weighted by Crippen LogP contribution is 2.31. The van der Waals surface area contributed by atoms with Crippen molar-refractivity contribution in [1.29, 1.82) is 0 Å². The monoisotopic (exact) mass is 376 g/mol. The standard InChI is InChI=1S/C18H17ClN2O3S/c1-3-16(25-18-21-12-6-4-5-7-15(12)24-18)17(22)20-13-10-11(19)8-9-14(13)23-2/h4-10,16H,3H2,1-2H3,(H,20,22). The predicted octanol–water partition coefficient (Wildman–Crippen LogP) is 5.00. The Morgan fingerprint density at radius 3 is 2.88 bits per heavy atom. The summed E-state index contributed by atoms with van der Waals surface area (Å²) in [6.45, 7) is 1.94. The van der Waals surface area contributed by atoms with Gasteiger partial charge in [0.1, 0.15) is 11.3 Å². The Balaban J connectivity index is 1.76. The van der Waals surface area contributed by atoms with E-state index in [1.54, 1.807) is 25.3 Å². The van der Waals surface area contributed by atoms with Crippen molar-refractivity contribution in [3.8, 4) is 5.75 Å². The summed E-state index contributed by atoms with van der Waals surface area (Å²) in [5, 5.41) is 3.52. The van der Waals surface area contributed by atoms with Crippen molar-refractivity contribution < 1.29 is 13.9 Å². The van der Waals surface area contributed by atoms with Gasteiger partial charge in [-0.1, -0.05) is 42.4 Å². The van der Waals surface area contributed by atoms with E-state index in [-0.39, 0.29) is 11.2 Å². The van der Waals surface area contributed by atoms with Crippen molar-refractivity contribution >= 4 is 46.1 Å². The Morgan fingerprint density at radius 2 is 2.16 bits per heavy atom. The van der Waals surface area contributed by atoms with Crippen LogP contribution in [0.4, 0.5) is 5.69 Å². The van der Waals surface area contributed by atoms with Crippen LogP contribution < -0.4 is 10.1 Å². The number of anilines is 1. The molecule has 0 aliphatic heterocycles. The second kappa shape index (κ2) is 7.80. The van der Waals surface area contributed by atoms with Crippen molar-refractivity contribution in [2.75, 3.05) is 12.4 Å². The van der Waals surface area contributed by atoms with Crippen molar-refractivity contribution in [3.63, 3.8) is 0 Å². The van der Waals surface area contributed by atoms with E-state index in [1.165, 1.54) is 11.8 Å². The van der Waals surface area contributed by atoms with E-state index in [9.17, 15) is 4.79 Å². The number of para-hydroxylation sites is 2. The number of carbonyl (C=O) groups is 1. The number of carbonyl (C=O) groups excluding carboxylic acids is 1. The predicted molar refractivity (Wildman–Crippen MR) is 101 cm³/mol. The molecule has 5 nitrogen and oxygen atoms in total. The molecule has 2 aromatic carbocycles. The maximum atomic E-state index is 12.6. The molecule has 7 heteroatoms. The molecule has 0 spiro atoms. The first-order valence-corrected chi connectivity index (χ1v) is 9.03. The van der Waals surface area contributed by atoms with Crippen molar-refractivity contribution in [1.82, 2.24) is 4.98 Å². The van der Waals surface area contributed by atoms with Crippen LogP contribution in [-0.2, 0) is 4.79 Å². The number of nitrogens with zero attached hydrogens (tertiary/aromatic N) is 1. The van der Waals surface area contributed by atoms with Crippen LogP contribution >= 0.6 is 23.4 Å². The number of hydrogen-bond acceptors (Lipinski definition) is 5. The molecule has 130 valence electrons. The van der Waals surface area contributed by atoms with Crippen molar-refractivity contribution in [2.24, 2.45) is 0 Å². The molecule has 1 heterocycles. The van der Waals surface area contributed by atoms with E-state index in [2.05, 4.69) is 10.3 Å². The van der Waals surface area contributed by atoms with E-state index < -0.39 is 0 Å². The Hall–Kier alpha value is -2.18. The van der Waals surface area contributed by atoms with Gasteiger partial charge in [0.05, 0.1) is 18.0 Å². The van der Waals surface area contributed by atoms with Gasteiger partial charge >= 0.3 is 0 Å². The molecule has 0 saturated carbocycles. The Labute approximate surface area is 154 Å². The van der Waals surface area contributed by atoms with Gasteiger partial charge in [0.2, 0.25) is 5.91 Å². The smallest absolute Gasteiger partial charge is 0.257 e. The lowest BCUT2D eigenvalue weighted by atomic mass is 10.2. The lowest BCUT2D eigenvalue weighted by molar-refractivity contribution is -0.115. The summed E-state index contributed by atoms with van der Waals surface area (Å²) in [4.78, 5) is 17.1. The number of rotatable bonds is 6. The highest BCUT2D eigenvalue weighted by atomic mass is 35.5. The molecule has 25 heavy (non-hydrogen) atoms. The largest absolute Gasteiger partial charge is 0.495 e. The first-order chi connectivity index (χ1) is 12.1. The van der Waals surface area contributed by atoms with Crippen molar-refractivity contribution in [2.45, 2.75) is 23.8 Å². The minimum absolute atomic E-state index is 0.157. The van der Waals surface area contributed by atoms with Crippen LogP contribution in [0.5, 0.6) is 5.75 Å². The number of halogens is 1. The molecule has 1 aromatic heterocycles. The molecule has 0 fully saturated rings. The Kier molecular flexibility index (Phi) is 5.50. The first-order valence-electron chi connectivity index (χ1n) is 7.77. The van der Waals surface area contributed by atoms with Gasteiger partial charge in [-0.05, 0) is 36.8 Å². The van der Waals surface area contributed by atoms with Crippen LogP contribution in [0.25, 0.3) is 11.1 Å². The Bertz CT molecular complexity index is 864. The lowest BCUT2D eigenvalue weighted by Gasteiger charge is -2.15. The van der Waals surface area contributed by atoms with Gasteiger partial charge in [-0.3, -0.25) is 4.79 Å². The number of amides is 1. The second-order valence-electron chi connectivity index (χ2n) is 5.30. The molecule has 0 aliphatic rings. The van der Waals surface area contributed by atoms with Gasteiger partial charge in [0.25, 0.3) is 5.22 Å². The number of hydrogen-bond donors (Lipinski definition) is 1. The molecule has 0 bridgehead atoms. The topological polar surface area (TPSA) is 64.4 Å². The number of nitrogens with one attached hydrogen (secondary N) is 1. The van der Waals surface area contributed by atoms with Crippen LogP contribution in [0.3, 0.4) is 0 Å². The zero-order chi connectivity index (χ0) is 17.8. The Morgan fingerprint density at radius 1 is 1.36 bits per heavy atom. The molecule has 0 aliphatic carbocycles. The summed E-state index contributed by atoms with van der Waals surface area (Å²) in [5.74, 6) is 0.398. The van der Waals surface area contributed by atoms with E-state index in [4.69, 9.17) is 20.8 Å². The van der Waals surface area contributed by atoms with Gasteiger partial charge in [0, 0.05) is 5.02 Å². The van der Waals surface area contributed by atoms with Gasteiger partial charge < -0.3 is 14.5 Å². The molecule has 3 aromatic rings. The third-order valence-corrected chi connectivity index (χ3v) is 5.04. The molecule has 1 amide bonds. The number of aromatic nitrogens is 1. The normalized spacial score (nSPS) is 12.1. The van der Waals surface area contributed by atoms with E-state index in [0.29, 0.717) is 33.7 Å². The summed E-state index contributed by atoms with van der Waals surface area (Å²) in [6, 6.07) is 12.6. The van der Waals surface area contributed by atoms with E-state index in [0.717, 1.165) is 5.52 Å². The number of oxazole rings is 1. The number of thioether (sulfide) groups is 1. The SMILES string of the molecule is CCC(Sc1nc2ccccc2o1)C(=O)Nc1cc(Cl)ccc1OC. The summed E-state index contributed by atoms with van der Waals surface area (Å²) < 4.78 is 11.0. The summed E-state index contributed by atoms with van der Waals surface area (Å²) in [7, 11) is 1.54. The van der Waals surface area contributed by atoms with Gasteiger partial charge in [-0.25, -0.2) is 4.98 Å². The zero-order valence-corrected chi connectivity index (χ0v) is 15.4. The number of methoxy groups -OCH3 is 1. The van der Waals surface area contributed by atoms with E-state index >= 15 is 0 Å². The van der Waals surface area contributed by atoms with Crippen LogP contribution in [-0.4, -0.2) is 23.3 Å². The average molecular weight is 377 g/mol. The van der Waals surface area contributed by atoms with Gasteiger partial charge in [-0.15, -0.1) is 0 Å². The van der Waals surface area contributed by atoms with Gasteiger partial charge in [0.15, 0.2) is 5.58 Å². The lowest BCUT2D eigenvalue weighted by Crippen LogP contribution is -2.24. The molecule has 1 atom stereocenters. The van der Waals surface area contributed by atoms with Crippen LogP contribution in [0.2, 0.25) is 5.02 Å². The minimum Gasteiger partial charge on any atom is -0.495 e. The number of benzene rings is 2.